The summed E-state index contributed by atoms with van der Waals surface area (Å²) in [6.07, 6.45) is 8.09. The van der Waals surface area contributed by atoms with Gasteiger partial charge in [-0.25, -0.2) is 26.7 Å². The van der Waals surface area contributed by atoms with E-state index < -0.39 is 51.7 Å². The van der Waals surface area contributed by atoms with Crippen molar-refractivity contribution >= 4 is 5.97 Å². The second-order valence-corrected chi connectivity index (χ2v) is 9.56. The van der Waals surface area contributed by atoms with Crippen LogP contribution in [0.3, 0.4) is 0 Å². The molecule has 0 aromatic heterocycles. The summed E-state index contributed by atoms with van der Waals surface area (Å²) in [6.45, 7) is 2.23. The zero-order valence-electron chi connectivity index (χ0n) is 19.9. The summed E-state index contributed by atoms with van der Waals surface area (Å²) in [5, 5.41) is 9.28. The van der Waals surface area contributed by atoms with Crippen molar-refractivity contribution in [1.82, 2.24) is 0 Å². The molecule has 1 saturated carbocycles. The third-order valence-electron chi connectivity index (χ3n) is 7.35. The summed E-state index contributed by atoms with van der Waals surface area (Å²) >= 11 is 0. The van der Waals surface area contributed by atoms with E-state index in [2.05, 4.69) is 6.92 Å². The van der Waals surface area contributed by atoms with Crippen LogP contribution in [0, 0.1) is 40.9 Å². The molecule has 0 radical (unpaired) electrons. The van der Waals surface area contributed by atoms with Gasteiger partial charge >= 0.3 is 5.97 Å². The Morgan fingerprint density at radius 3 is 1.94 bits per heavy atom. The molecule has 1 N–H and O–H groups in total. The summed E-state index contributed by atoms with van der Waals surface area (Å²) in [5.41, 5.74) is -0.935. The predicted octanol–water partition coefficient (Wildman–Crippen LogP) is 8.56. The fraction of sp³-hybridized carbons (Fsp3) is 0.345. The maximum absolute atomic E-state index is 15.3. The van der Waals surface area contributed by atoms with Crippen LogP contribution in [0.4, 0.5) is 22.0 Å². The van der Waals surface area contributed by atoms with E-state index in [1.807, 2.05) is 12.1 Å². The minimum absolute atomic E-state index is 0.0927. The fourth-order valence-corrected chi connectivity index (χ4v) is 5.18. The van der Waals surface area contributed by atoms with Gasteiger partial charge in [0, 0.05) is 5.56 Å². The van der Waals surface area contributed by atoms with Gasteiger partial charge in [-0.05, 0) is 65.1 Å². The number of aryl methyl sites for hydroxylation is 1. The minimum atomic E-state index is -1.87. The number of carboxylic acids is 1. The van der Waals surface area contributed by atoms with Crippen LogP contribution in [0.15, 0.2) is 42.5 Å². The van der Waals surface area contributed by atoms with Crippen LogP contribution in [0.25, 0.3) is 22.3 Å². The van der Waals surface area contributed by atoms with Crippen LogP contribution < -0.4 is 0 Å². The third kappa shape index (κ3) is 5.30. The van der Waals surface area contributed by atoms with E-state index in [4.69, 9.17) is 0 Å². The predicted molar refractivity (Wildman–Crippen MR) is 128 cm³/mol. The largest absolute Gasteiger partial charge is 0.477 e. The van der Waals surface area contributed by atoms with E-state index in [1.54, 1.807) is 12.1 Å². The van der Waals surface area contributed by atoms with Gasteiger partial charge in [-0.1, -0.05) is 63.3 Å². The molecule has 0 amide bonds. The minimum Gasteiger partial charge on any atom is -0.477 e. The molecular weight excluding hydrogens is 475 g/mol. The van der Waals surface area contributed by atoms with Gasteiger partial charge in [-0.15, -0.1) is 0 Å². The maximum atomic E-state index is 15.3. The van der Waals surface area contributed by atoms with Gasteiger partial charge in [-0.3, -0.25) is 0 Å². The Kier molecular flexibility index (Phi) is 7.76. The monoisotopic (exact) mass is 502 g/mol. The van der Waals surface area contributed by atoms with Crippen LogP contribution in [0.2, 0.25) is 0 Å². The molecule has 0 bridgehead atoms. The molecule has 0 spiro atoms. The summed E-state index contributed by atoms with van der Waals surface area (Å²) in [4.78, 5) is 11.5. The number of carbonyl (C=O) groups is 1. The number of carboxylic acid groups (broad SMARTS) is 1. The zero-order valence-corrected chi connectivity index (χ0v) is 19.9. The lowest BCUT2D eigenvalue weighted by Crippen LogP contribution is -2.14. The standard InChI is InChI=1S/C29H27F5O2/c1-2-16-3-5-17(6-4-16)7-8-18-9-11-19(12-10-18)21-15-22(30)26(29(35)36)28(34)25(21)20-13-23(31)27(33)24(32)14-20/h9-17H,2-8H2,1H3,(H,35,36)/t16-,17-. The maximum Gasteiger partial charge on any atom is 0.341 e. The lowest BCUT2D eigenvalue weighted by atomic mass is 9.78. The number of rotatable bonds is 7. The zero-order chi connectivity index (χ0) is 26.0. The van der Waals surface area contributed by atoms with Crippen molar-refractivity contribution in [3.05, 3.63) is 82.7 Å². The molecule has 0 unspecified atom stereocenters. The average Bonchev–Trinajstić information content (AvgIpc) is 2.86. The molecule has 0 saturated heterocycles. The molecule has 1 aliphatic rings. The molecule has 0 heterocycles. The first-order valence-corrected chi connectivity index (χ1v) is 12.2. The van der Waals surface area contributed by atoms with E-state index in [0.29, 0.717) is 23.6 Å². The molecular formula is C29H27F5O2. The quantitative estimate of drug-likeness (QED) is 0.260. The van der Waals surface area contributed by atoms with E-state index >= 15 is 4.39 Å². The van der Waals surface area contributed by atoms with Gasteiger partial charge in [0.25, 0.3) is 0 Å². The van der Waals surface area contributed by atoms with Gasteiger partial charge in [0.05, 0.1) is 0 Å². The molecule has 1 fully saturated rings. The molecule has 4 rings (SSSR count). The van der Waals surface area contributed by atoms with Crippen molar-refractivity contribution in [3.63, 3.8) is 0 Å². The van der Waals surface area contributed by atoms with E-state index in [1.165, 1.54) is 32.1 Å². The van der Waals surface area contributed by atoms with Crippen molar-refractivity contribution in [3.8, 4) is 22.3 Å². The Bertz CT molecular complexity index is 1240. The van der Waals surface area contributed by atoms with Crippen molar-refractivity contribution in [2.24, 2.45) is 11.8 Å². The summed E-state index contributed by atoms with van der Waals surface area (Å²) in [5.74, 6) is -8.07. The fourth-order valence-electron chi connectivity index (χ4n) is 5.18. The number of hydrogen-bond donors (Lipinski definition) is 1. The molecule has 1 aliphatic carbocycles. The van der Waals surface area contributed by atoms with Gasteiger partial charge in [0.2, 0.25) is 0 Å². The highest BCUT2D eigenvalue weighted by atomic mass is 19.2. The number of benzene rings is 3. The average molecular weight is 503 g/mol. The van der Waals surface area contributed by atoms with Crippen molar-refractivity contribution < 1.29 is 31.9 Å². The van der Waals surface area contributed by atoms with Gasteiger partial charge < -0.3 is 5.11 Å². The van der Waals surface area contributed by atoms with Crippen molar-refractivity contribution in [1.29, 1.82) is 0 Å². The van der Waals surface area contributed by atoms with Gasteiger partial charge in [0.1, 0.15) is 17.2 Å². The molecule has 0 atom stereocenters. The first-order chi connectivity index (χ1) is 17.2. The van der Waals surface area contributed by atoms with Crippen LogP contribution in [0.1, 0.15) is 61.4 Å². The Labute approximate surface area is 206 Å². The third-order valence-corrected chi connectivity index (χ3v) is 7.35. The molecule has 3 aromatic rings. The molecule has 3 aromatic carbocycles. The Morgan fingerprint density at radius 1 is 0.806 bits per heavy atom. The van der Waals surface area contributed by atoms with E-state index in [-0.39, 0.29) is 5.56 Å². The van der Waals surface area contributed by atoms with Crippen LogP contribution >= 0.6 is 0 Å². The number of hydrogen-bond acceptors (Lipinski definition) is 1. The highest BCUT2D eigenvalue weighted by Crippen LogP contribution is 2.39. The van der Waals surface area contributed by atoms with E-state index in [9.17, 15) is 27.5 Å². The lowest BCUT2D eigenvalue weighted by Gasteiger charge is -2.27. The summed E-state index contributed by atoms with van der Waals surface area (Å²) in [7, 11) is 0. The highest BCUT2D eigenvalue weighted by Gasteiger charge is 2.26. The molecule has 0 aliphatic heterocycles. The normalized spacial score (nSPS) is 17.8. The van der Waals surface area contributed by atoms with Crippen LogP contribution in [-0.4, -0.2) is 11.1 Å². The Morgan fingerprint density at radius 2 is 1.39 bits per heavy atom. The van der Waals surface area contributed by atoms with E-state index in [0.717, 1.165) is 30.4 Å². The molecule has 7 heteroatoms. The molecule has 190 valence electrons. The topological polar surface area (TPSA) is 37.3 Å². The van der Waals surface area contributed by atoms with Crippen molar-refractivity contribution in [2.75, 3.05) is 0 Å². The first-order valence-electron chi connectivity index (χ1n) is 12.2. The van der Waals surface area contributed by atoms with Gasteiger partial charge in [-0.2, -0.15) is 0 Å². The lowest BCUT2D eigenvalue weighted by molar-refractivity contribution is 0.0686. The molecule has 2 nitrogen and oxygen atoms in total. The second-order valence-electron chi connectivity index (χ2n) is 9.56. The summed E-state index contributed by atoms with van der Waals surface area (Å²) in [6, 6.07) is 8.86. The SMILES string of the molecule is CC[C@H]1CC[C@H](CCc2ccc(-c3cc(F)c(C(=O)O)c(F)c3-c3cc(F)c(F)c(F)c3)cc2)CC1. The number of halogens is 5. The van der Waals surface area contributed by atoms with Crippen LogP contribution in [-0.2, 0) is 6.42 Å². The highest BCUT2D eigenvalue weighted by molar-refractivity contribution is 5.94. The van der Waals surface area contributed by atoms with Gasteiger partial charge in [0.15, 0.2) is 17.5 Å². The second kappa shape index (κ2) is 10.8. The Hall–Kier alpha value is -3.22. The smallest absolute Gasteiger partial charge is 0.341 e. The Balaban J connectivity index is 1.66. The molecule has 36 heavy (non-hydrogen) atoms. The van der Waals surface area contributed by atoms with Crippen molar-refractivity contribution in [2.45, 2.75) is 51.9 Å². The first kappa shape index (κ1) is 25.9. The number of aromatic carboxylic acids is 1. The summed E-state index contributed by atoms with van der Waals surface area (Å²) < 4.78 is 71.3. The van der Waals surface area contributed by atoms with Crippen LogP contribution in [0.5, 0.6) is 0 Å².